The molecule has 0 aromatic heterocycles. The first-order chi connectivity index (χ1) is 9.28. The van der Waals surface area contributed by atoms with Gasteiger partial charge in [0.2, 0.25) is 0 Å². The first-order valence-corrected chi connectivity index (χ1v) is 8.58. The van der Waals surface area contributed by atoms with E-state index >= 15 is 0 Å². The molecule has 1 saturated carbocycles. The summed E-state index contributed by atoms with van der Waals surface area (Å²) in [5.41, 5.74) is 1.49. The van der Waals surface area contributed by atoms with Crippen LogP contribution >= 0.6 is 11.8 Å². The molecular formula is C16H24N2S. The van der Waals surface area contributed by atoms with Crippen LogP contribution in [-0.2, 0) is 0 Å². The Bertz CT molecular complexity index is 413. The lowest BCUT2D eigenvalue weighted by molar-refractivity contribution is 0.271. The first kappa shape index (κ1) is 13.5. The van der Waals surface area contributed by atoms with Crippen LogP contribution in [0.4, 0.5) is 0 Å². The van der Waals surface area contributed by atoms with Crippen molar-refractivity contribution >= 4 is 11.8 Å². The fourth-order valence-corrected chi connectivity index (χ4v) is 3.58. The Morgan fingerprint density at radius 2 is 1.95 bits per heavy atom. The zero-order valence-corrected chi connectivity index (χ0v) is 12.7. The summed E-state index contributed by atoms with van der Waals surface area (Å²) >= 11 is 1.82. The lowest BCUT2D eigenvalue weighted by Crippen LogP contribution is -2.29. The Kier molecular flexibility index (Phi) is 4.15. The van der Waals surface area contributed by atoms with Crippen molar-refractivity contribution in [3.8, 4) is 0 Å². The lowest BCUT2D eigenvalue weighted by Gasteiger charge is -2.26. The van der Waals surface area contributed by atoms with Gasteiger partial charge >= 0.3 is 0 Å². The number of nitrogens with one attached hydrogen (secondary N) is 1. The minimum atomic E-state index is 0.599. The van der Waals surface area contributed by atoms with Gasteiger partial charge < -0.3 is 5.32 Å². The van der Waals surface area contributed by atoms with E-state index in [4.69, 9.17) is 0 Å². The maximum absolute atomic E-state index is 3.71. The molecule has 0 radical (unpaired) electrons. The SMILES string of the molecule is CSc1ccc(C2C(CNC3CC3)CCN2C)cc1. The van der Waals surface area contributed by atoms with Crippen LogP contribution in [0.3, 0.4) is 0 Å². The zero-order chi connectivity index (χ0) is 13.2. The topological polar surface area (TPSA) is 15.3 Å². The monoisotopic (exact) mass is 276 g/mol. The molecular weight excluding hydrogens is 252 g/mol. The predicted octanol–water partition coefficient (Wildman–Crippen LogP) is 3.15. The normalized spacial score (nSPS) is 27.9. The molecule has 1 aliphatic heterocycles. The Morgan fingerprint density at radius 1 is 1.21 bits per heavy atom. The van der Waals surface area contributed by atoms with Gasteiger partial charge in [-0.2, -0.15) is 0 Å². The first-order valence-electron chi connectivity index (χ1n) is 7.35. The number of thioether (sulfide) groups is 1. The molecule has 0 bridgehead atoms. The number of likely N-dealkylation sites (tertiary alicyclic amines) is 1. The Hall–Kier alpha value is -0.510. The number of nitrogens with zero attached hydrogens (tertiary/aromatic N) is 1. The molecule has 1 aromatic rings. The third-order valence-electron chi connectivity index (χ3n) is 4.48. The molecule has 2 nitrogen and oxygen atoms in total. The molecule has 2 fully saturated rings. The molecule has 104 valence electrons. The lowest BCUT2D eigenvalue weighted by atomic mass is 9.93. The van der Waals surface area contributed by atoms with Crippen LogP contribution in [0.25, 0.3) is 0 Å². The molecule has 3 rings (SSSR count). The van der Waals surface area contributed by atoms with Gasteiger partial charge in [-0.1, -0.05) is 12.1 Å². The van der Waals surface area contributed by atoms with E-state index in [1.165, 1.54) is 42.8 Å². The van der Waals surface area contributed by atoms with E-state index < -0.39 is 0 Å². The molecule has 1 aromatic carbocycles. The van der Waals surface area contributed by atoms with Gasteiger partial charge in [0.1, 0.15) is 0 Å². The summed E-state index contributed by atoms with van der Waals surface area (Å²) in [5.74, 6) is 0.769. The van der Waals surface area contributed by atoms with Crippen molar-refractivity contribution in [3.63, 3.8) is 0 Å². The molecule has 1 N–H and O–H groups in total. The van der Waals surface area contributed by atoms with Crippen LogP contribution in [-0.4, -0.2) is 37.3 Å². The summed E-state index contributed by atoms with van der Waals surface area (Å²) in [6.07, 6.45) is 6.23. The van der Waals surface area contributed by atoms with Gasteiger partial charge in [0.15, 0.2) is 0 Å². The summed E-state index contributed by atoms with van der Waals surface area (Å²) in [6.45, 7) is 2.41. The minimum Gasteiger partial charge on any atom is -0.314 e. The molecule has 3 heteroatoms. The van der Waals surface area contributed by atoms with E-state index in [0.717, 1.165) is 12.0 Å². The number of benzene rings is 1. The highest BCUT2D eigenvalue weighted by atomic mass is 32.2. The highest BCUT2D eigenvalue weighted by molar-refractivity contribution is 7.98. The fraction of sp³-hybridized carbons (Fsp3) is 0.625. The largest absolute Gasteiger partial charge is 0.314 e. The van der Waals surface area contributed by atoms with Crippen molar-refractivity contribution in [2.75, 3.05) is 26.4 Å². The Balaban J connectivity index is 1.70. The van der Waals surface area contributed by atoms with Gasteiger partial charge in [0, 0.05) is 23.5 Å². The van der Waals surface area contributed by atoms with E-state index in [0.29, 0.717) is 6.04 Å². The number of hydrogen-bond donors (Lipinski definition) is 1. The molecule has 1 aliphatic carbocycles. The number of rotatable bonds is 5. The quantitative estimate of drug-likeness (QED) is 0.832. The van der Waals surface area contributed by atoms with E-state index in [1.54, 1.807) is 0 Å². The molecule has 2 aliphatic rings. The molecule has 1 saturated heterocycles. The van der Waals surface area contributed by atoms with E-state index in [-0.39, 0.29) is 0 Å². The molecule has 19 heavy (non-hydrogen) atoms. The molecule has 0 amide bonds. The van der Waals surface area contributed by atoms with Crippen LogP contribution in [0.5, 0.6) is 0 Å². The maximum atomic E-state index is 3.71. The van der Waals surface area contributed by atoms with Crippen LogP contribution < -0.4 is 5.32 Å². The van der Waals surface area contributed by atoms with Gasteiger partial charge in [-0.25, -0.2) is 0 Å². The molecule has 2 unspecified atom stereocenters. The van der Waals surface area contributed by atoms with Crippen molar-refractivity contribution in [1.82, 2.24) is 10.2 Å². The summed E-state index contributed by atoms with van der Waals surface area (Å²) in [5, 5.41) is 3.71. The van der Waals surface area contributed by atoms with Crippen LogP contribution in [0, 0.1) is 5.92 Å². The van der Waals surface area contributed by atoms with Crippen LogP contribution in [0.15, 0.2) is 29.2 Å². The highest BCUT2D eigenvalue weighted by Gasteiger charge is 2.33. The van der Waals surface area contributed by atoms with Crippen molar-refractivity contribution in [3.05, 3.63) is 29.8 Å². The Labute approximate surface area is 121 Å². The molecule has 2 atom stereocenters. The molecule has 0 spiro atoms. The second-order valence-corrected chi connectivity index (χ2v) is 6.81. The van der Waals surface area contributed by atoms with Gasteiger partial charge in [-0.15, -0.1) is 11.8 Å². The summed E-state index contributed by atoms with van der Waals surface area (Å²) in [6, 6.07) is 10.6. The van der Waals surface area contributed by atoms with E-state index in [2.05, 4.69) is 47.8 Å². The third-order valence-corrected chi connectivity index (χ3v) is 5.22. The van der Waals surface area contributed by atoms with Crippen molar-refractivity contribution in [2.24, 2.45) is 5.92 Å². The minimum absolute atomic E-state index is 0.599. The standard InChI is InChI=1S/C16H24N2S/c1-18-10-9-13(11-17-14-5-6-14)16(18)12-3-7-15(19-2)8-4-12/h3-4,7-8,13-14,16-17H,5-6,9-11H2,1-2H3. The molecule has 1 heterocycles. The van der Waals surface area contributed by atoms with Crippen molar-refractivity contribution in [1.29, 1.82) is 0 Å². The smallest absolute Gasteiger partial charge is 0.0385 e. The second kappa shape index (κ2) is 5.86. The van der Waals surface area contributed by atoms with Crippen molar-refractivity contribution in [2.45, 2.75) is 36.2 Å². The predicted molar refractivity (Wildman–Crippen MR) is 82.7 cm³/mol. The third kappa shape index (κ3) is 3.15. The average molecular weight is 276 g/mol. The summed E-state index contributed by atoms with van der Waals surface area (Å²) < 4.78 is 0. The van der Waals surface area contributed by atoms with E-state index in [1.807, 2.05) is 11.8 Å². The highest BCUT2D eigenvalue weighted by Crippen LogP contribution is 2.36. The zero-order valence-electron chi connectivity index (χ0n) is 11.9. The maximum Gasteiger partial charge on any atom is 0.0385 e. The summed E-state index contributed by atoms with van der Waals surface area (Å²) in [4.78, 5) is 3.88. The van der Waals surface area contributed by atoms with Gasteiger partial charge in [0.05, 0.1) is 0 Å². The van der Waals surface area contributed by atoms with Crippen LogP contribution in [0.1, 0.15) is 30.9 Å². The van der Waals surface area contributed by atoms with E-state index in [9.17, 15) is 0 Å². The fourth-order valence-electron chi connectivity index (χ4n) is 3.17. The van der Waals surface area contributed by atoms with Crippen molar-refractivity contribution < 1.29 is 0 Å². The van der Waals surface area contributed by atoms with Gasteiger partial charge in [-0.3, -0.25) is 4.90 Å². The van der Waals surface area contributed by atoms with Gasteiger partial charge in [-0.05, 0) is 62.7 Å². The Morgan fingerprint density at radius 3 is 2.58 bits per heavy atom. The number of hydrogen-bond acceptors (Lipinski definition) is 3. The van der Waals surface area contributed by atoms with Crippen LogP contribution in [0.2, 0.25) is 0 Å². The second-order valence-electron chi connectivity index (χ2n) is 5.93. The average Bonchev–Trinajstić information content (AvgIpc) is 3.20. The summed E-state index contributed by atoms with van der Waals surface area (Å²) in [7, 11) is 2.27. The van der Waals surface area contributed by atoms with Gasteiger partial charge in [0.25, 0.3) is 0 Å².